The number of halogens is 2. The molecule has 0 aliphatic carbocycles. The first-order valence-corrected chi connectivity index (χ1v) is 19.3. The number of pyridine rings is 1. The number of aliphatic imine (C=N–C) groups is 1. The number of anilines is 2. The first kappa shape index (κ1) is 37.3. The molecule has 9 nitrogen and oxygen atoms in total. The number of nitrogens with zero attached hydrogens (tertiary/aromatic N) is 7. The third kappa shape index (κ3) is 8.21. The van der Waals surface area contributed by atoms with Crippen molar-refractivity contribution in [2.24, 2.45) is 22.6 Å². The minimum atomic E-state index is -0.540. The average molecular weight is 734 g/mol. The minimum absolute atomic E-state index is 0.270. The summed E-state index contributed by atoms with van der Waals surface area (Å²) in [6.07, 6.45) is 6.60. The maximum atomic E-state index is 13.9. The number of piperazine rings is 1. The van der Waals surface area contributed by atoms with E-state index < -0.39 is 11.6 Å². The molecule has 3 N–H and O–H groups in total. The Kier molecular flexibility index (Phi) is 11.1. The minimum Gasteiger partial charge on any atom is -0.404 e. The van der Waals surface area contributed by atoms with Crippen LogP contribution < -0.4 is 16.0 Å². The highest BCUT2D eigenvalue weighted by Gasteiger charge is 2.30. The van der Waals surface area contributed by atoms with Crippen LogP contribution >= 0.6 is 0 Å². The molecule has 1 unspecified atom stereocenters. The average Bonchev–Trinajstić information content (AvgIpc) is 3.77. The zero-order valence-electron chi connectivity index (χ0n) is 31.9. The van der Waals surface area contributed by atoms with Crippen LogP contribution in [0, 0.1) is 30.4 Å². The van der Waals surface area contributed by atoms with Gasteiger partial charge >= 0.3 is 0 Å². The van der Waals surface area contributed by atoms with Crippen LogP contribution in [0.4, 0.5) is 20.4 Å². The summed E-state index contributed by atoms with van der Waals surface area (Å²) in [6, 6.07) is 14.5. The molecule has 2 fully saturated rings. The lowest BCUT2D eigenvalue weighted by Gasteiger charge is -2.38. The number of nitrogens with one attached hydrogen (secondary N) is 1. The lowest BCUT2D eigenvalue weighted by molar-refractivity contribution is 0.144. The van der Waals surface area contributed by atoms with E-state index in [1.54, 1.807) is 6.20 Å². The highest BCUT2D eigenvalue weighted by molar-refractivity contribution is 6.23. The molecule has 11 heteroatoms. The molecule has 2 saturated heterocycles. The summed E-state index contributed by atoms with van der Waals surface area (Å²) < 4.78 is 30.1. The molecule has 54 heavy (non-hydrogen) atoms. The maximum absolute atomic E-state index is 13.9. The zero-order valence-corrected chi connectivity index (χ0v) is 31.9. The molecule has 2 atom stereocenters. The molecule has 0 amide bonds. The van der Waals surface area contributed by atoms with Gasteiger partial charge in [0.05, 0.1) is 16.7 Å². The Bertz CT molecular complexity index is 2070. The first-order valence-electron chi connectivity index (χ1n) is 19.3. The predicted octanol–water partition coefficient (Wildman–Crippen LogP) is 7.84. The first-order chi connectivity index (χ1) is 26.1. The second kappa shape index (κ2) is 16.1. The van der Waals surface area contributed by atoms with Crippen molar-refractivity contribution in [3.63, 3.8) is 0 Å². The van der Waals surface area contributed by atoms with Crippen LogP contribution in [0.15, 0.2) is 78.6 Å². The van der Waals surface area contributed by atoms with Gasteiger partial charge < -0.3 is 25.4 Å². The van der Waals surface area contributed by atoms with Gasteiger partial charge in [-0.1, -0.05) is 32.6 Å². The normalized spacial score (nSPS) is 22.0. The van der Waals surface area contributed by atoms with E-state index in [0.29, 0.717) is 11.6 Å². The molecule has 7 rings (SSSR count). The molecule has 2 aromatic carbocycles. The van der Waals surface area contributed by atoms with Crippen LogP contribution in [0.3, 0.4) is 0 Å². The maximum Gasteiger partial charge on any atom is 0.208 e. The van der Waals surface area contributed by atoms with E-state index in [0.717, 1.165) is 147 Å². The summed E-state index contributed by atoms with van der Waals surface area (Å²) in [6.45, 7) is 20.1. The third-order valence-corrected chi connectivity index (χ3v) is 11.3. The zero-order chi connectivity index (χ0) is 37.9. The number of imidazole rings is 1. The van der Waals surface area contributed by atoms with Gasteiger partial charge in [-0.05, 0) is 80.5 Å². The topological polar surface area (TPSA) is 90.8 Å². The monoisotopic (exact) mass is 733 g/mol. The number of rotatable bonds is 5. The van der Waals surface area contributed by atoms with E-state index in [1.807, 2.05) is 26.1 Å². The van der Waals surface area contributed by atoms with Crippen molar-refractivity contribution in [2.45, 2.75) is 59.0 Å². The van der Waals surface area contributed by atoms with Crippen molar-refractivity contribution in [3.05, 3.63) is 108 Å². The molecule has 284 valence electrons. The van der Waals surface area contributed by atoms with E-state index in [-0.39, 0.29) is 5.92 Å². The molecule has 5 heterocycles. The van der Waals surface area contributed by atoms with Gasteiger partial charge in [0.25, 0.3) is 0 Å². The van der Waals surface area contributed by atoms with Crippen molar-refractivity contribution in [1.29, 1.82) is 0 Å². The number of hydrogen-bond acceptors (Lipinski definition) is 8. The number of benzene rings is 2. The fraction of sp³-hybridized carbons (Fsp3) is 0.419. The summed E-state index contributed by atoms with van der Waals surface area (Å²) in [5.74, 6) is 0.412. The number of hydrogen-bond donors (Lipinski definition) is 2. The largest absolute Gasteiger partial charge is 0.404 e. The van der Waals surface area contributed by atoms with E-state index in [2.05, 4.69) is 67.9 Å². The fourth-order valence-corrected chi connectivity index (χ4v) is 8.32. The van der Waals surface area contributed by atoms with Crippen molar-refractivity contribution in [2.75, 3.05) is 56.5 Å². The number of fused-ring (bicyclic) bond motifs is 5. The lowest BCUT2D eigenvalue weighted by Crippen LogP contribution is -2.46. The van der Waals surface area contributed by atoms with E-state index in [9.17, 15) is 8.78 Å². The second-order valence-electron chi connectivity index (χ2n) is 15.3. The Hall–Kier alpha value is -5.03. The lowest BCUT2D eigenvalue weighted by atomic mass is 9.97. The summed E-state index contributed by atoms with van der Waals surface area (Å²) >= 11 is 0. The van der Waals surface area contributed by atoms with Crippen LogP contribution in [-0.4, -0.2) is 76.4 Å². The number of allylic oxidation sites excluding steroid dienone is 1. The molecule has 2 aromatic heterocycles. The molecule has 0 spiro atoms. The number of aryl methyl sites for hydroxylation is 1. The molecule has 0 saturated carbocycles. The predicted molar refractivity (Wildman–Crippen MR) is 217 cm³/mol. The smallest absolute Gasteiger partial charge is 0.208 e. The highest BCUT2D eigenvalue weighted by atomic mass is 19.1. The SMILES string of the molecule is C=C1Nc2nc3ccc(CN4CCN(C(=C)C5CCN(c6cc(F)cc(F)c6)C5)CC4)cc3n2C[C@H](C)CCCCC(=NC)C(=CN)c2cc1cc(C)n2. The van der Waals surface area contributed by atoms with Gasteiger partial charge in [-0.15, -0.1) is 0 Å². The highest BCUT2D eigenvalue weighted by Crippen LogP contribution is 2.32. The molecule has 2 bridgehead atoms. The van der Waals surface area contributed by atoms with Gasteiger partial charge in [-0.25, -0.2) is 13.8 Å². The number of nitrogens with two attached hydrogens (primary N) is 1. The molecule has 3 aliphatic rings. The van der Waals surface area contributed by atoms with E-state index >= 15 is 0 Å². The van der Waals surface area contributed by atoms with Crippen LogP contribution in [0.1, 0.15) is 61.5 Å². The quantitative estimate of drug-likeness (QED) is 0.216. The Balaban J connectivity index is 1.05. The van der Waals surface area contributed by atoms with Gasteiger partial charge in [0.15, 0.2) is 0 Å². The third-order valence-electron chi connectivity index (χ3n) is 11.3. The second-order valence-corrected chi connectivity index (χ2v) is 15.3. The van der Waals surface area contributed by atoms with Crippen molar-refractivity contribution in [3.8, 4) is 0 Å². The van der Waals surface area contributed by atoms with Crippen LogP contribution in [-0.2, 0) is 13.1 Å². The Morgan fingerprint density at radius 2 is 1.76 bits per heavy atom. The van der Waals surface area contributed by atoms with Gasteiger partial charge in [-0.2, -0.15) is 0 Å². The fourth-order valence-electron chi connectivity index (χ4n) is 8.32. The van der Waals surface area contributed by atoms with E-state index in [4.69, 9.17) is 15.7 Å². The summed E-state index contributed by atoms with van der Waals surface area (Å²) in [5.41, 5.74) is 16.4. The Labute approximate surface area is 318 Å². The molecule has 3 aliphatic heterocycles. The van der Waals surface area contributed by atoms with Crippen LogP contribution in [0.2, 0.25) is 0 Å². The van der Waals surface area contributed by atoms with Crippen molar-refractivity contribution < 1.29 is 8.78 Å². The van der Waals surface area contributed by atoms with Crippen molar-refractivity contribution >= 4 is 39.7 Å². The van der Waals surface area contributed by atoms with Gasteiger partial charge in [0.1, 0.15) is 11.6 Å². The number of aromatic nitrogens is 3. The molecule has 4 aromatic rings. The summed E-state index contributed by atoms with van der Waals surface area (Å²) in [5, 5.41) is 3.58. The van der Waals surface area contributed by atoms with Gasteiger partial charge in [-0.3, -0.25) is 14.9 Å². The summed E-state index contributed by atoms with van der Waals surface area (Å²) in [4.78, 5) is 21.5. The molecular weight excluding hydrogens is 681 g/mol. The van der Waals surface area contributed by atoms with Crippen LogP contribution in [0.5, 0.6) is 0 Å². The van der Waals surface area contributed by atoms with Gasteiger partial charge in [0.2, 0.25) is 5.95 Å². The molecular formula is C43H53F2N9. The summed E-state index contributed by atoms with van der Waals surface area (Å²) in [7, 11) is 1.83. The van der Waals surface area contributed by atoms with Crippen LogP contribution in [0.25, 0.3) is 22.3 Å². The standard InChI is InChI=1S/C43H53F2N9/c1-28-8-6-7-9-39(47-5)38(24-46)41-20-34(18-29(2)48-41)30(3)49-43-50-40-11-10-32(19-42(40)54(43)25-28)26-51-14-16-52(17-15-51)31(4)33-12-13-53(27-33)37-22-35(44)21-36(45)23-37/h10-11,18-24,28,33H,3-4,6-9,12-17,25-27,46H2,1-2,5H3,(H,49,50)/t28-,33?/m1/s1. The Morgan fingerprint density at radius 1 is 0.981 bits per heavy atom. The van der Waals surface area contributed by atoms with Crippen molar-refractivity contribution in [1.82, 2.24) is 24.3 Å². The van der Waals surface area contributed by atoms with Gasteiger partial charge in [0, 0.05) is 117 Å². The van der Waals surface area contributed by atoms with E-state index in [1.165, 1.54) is 17.7 Å². The molecule has 0 radical (unpaired) electrons. The Morgan fingerprint density at radius 3 is 2.50 bits per heavy atom.